The fraction of sp³-hybridized carbons (Fsp3) is 0.107. The van der Waals surface area contributed by atoms with Crippen molar-refractivity contribution < 1.29 is 23.7 Å². The van der Waals surface area contributed by atoms with Crippen LogP contribution in [0, 0.1) is 0 Å². The first-order valence-corrected chi connectivity index (χ1v) is 10.6. The first kappa shape index (κ1) is 22.0. The summed E-state index contributed by atoms with van der Waals surface area (Å²) in [4.78, 5) is 11.7. The van der Waals surface area contributed by atoms with Crippen molar-refractivity contribution in [3.05, 3.63) is 103 Å². The summed E-state index contributed by atoms with van der Waals surface area (Å²) in [6.07, 6.45) is 0. The number of ether oxygens (including phenoxy) is 4. The number of carbonyl (C=O) groups excluding carboxylic acids is 1. The molecule has 0 aromatic heterocycles. The molecular formula is C28H24O5. The SMILES string of the molecule is C=C(C)C(=O)OCCOc1cc(Oc2ccccc2)c2ccccc2c1Oc1ccccc1. The van der Waals surface area contributed by atoms with Gasteiger partial charge in [-0.2, -0.15) is 0 Å². The smallest absolute Gasteiger partial charge is 0.333 e. The zero-order chi connectivity index (χ0) is 23.0. The fourth-order valence-corrected chi connectivity index (χ4v) is 3.22. The van der Waals surface area contributed by atoms with Gasteiger partial charge in [-0.15, -0.1) is 0 Å². The van der Waals surface area contributed by atoms with Gasteiger partial charge in [-0.3, -0.25) is 0 Å². The van der Waals surface area contributed by atoms with Crippen molar-refractivity contribution in [2.24, 2.45) is 0 Å². The molecule has 4 aromatic rings. The average molecular weight is 440 g/mol. The van der Waals surface area contributed by atoms with Crippen LogP contribution in [-0.4, -0.2) is 19.2 Å². The number of hydrogen-bond acceptors (Lipinski definition) is 5. The Bertz CT molecular complexity index is 1250. The van der Waals surface area contributed by atoms with Crippen LogP contribution in [0.2, 0.25) is 0 Å². The Morgan fingerprint density at radius 2 is 1.30 bits per heavy atom. The van der Waals surface area contributed by atoms with Crippen LogP contribution in [0.4, 0.5) is 0 Å². The molecule has 0 fully saturated rings. The molecule has 0 atom stereocenters. The van der Waals surface area contributed by atoms with E-state index in [4.69, 9.17) is 18.9 Å². The highest BCUT2D eigenvalue weighted by atomic mass is 16.6. The van der Waals surface area contributed by atoms with Gasteiger partial charge >= 0.3 is 5.97 Å². The molecular weight excluding hydrogens is 416 g/mol. The topological polar surface area (TPSA) is 54.0 Å². The molecule has 0 aliphatic carbocycles. The van der Waals surface area contributed by atoms with Crippen LogP contribution in [0.5, 0.6) is 28.7 Å². The molecule has 0 saturated heterocycles. The molecule has 0 aliphatic rings. The number of hydrogen-bond donors (Lipinski definition) is 0. The van der Waals surface area contributed by atoms with Crippen LogP contribution in [0.25, 0.3) is 10.8 Å². The summed E-state index contributed by atoms with van der Waals surface area (Å²) in [5, 5.41) is 1.72. The molecule has 166 valence electrons. The van der Waals surface area contributed by atoms with Gasteiger partial charge < -0.3 is 18.9 Å². The minimum atomic E-state index is -0.453. The monoisotopic (exact) mass is 440 g/mol. The third-order valence-electron chi connectivity index (χ3n) is 4.78. The van der Waals surface area contributed by atoms with E-state index in [2.05, 4.69) is 6.58 Å². The van der Waals surface area contributed by atoms with Crippen molar-refractivity contribution in [1.82, 2.24) is 0 Å². The largest absolute Gasteiger partial charge is 0.486 e. The summed E-state index contributed by atoms with van der Waals surface area (Å²) in [5.41, 5.74) is 0.340. The summed E-state index contributed by atoms with van der Waals surface area (Å²) in [7, 11) is 0. The van der Waals surface area contributed by atoms with Crippen LogP contribution in [-0.2, 0) is 9.53 Å². The van der Waals surface area contributed by atoms with Gasteiger partial charge in [0, 0.05) is 22.4 Å². The summed E-state index contributed by atoms with van der Waals surface area (Å²) >= 11 is 0. The van der Waals surface area contributed by atoms with Crippen molar-refractivity contribution in [3.63, 3.8) is 0 Å². The van der Waals surface area contributed by atoms with Gasteiger partial charge in [-0.25, -0.2) is 4.79 Å². The van der Waals surface area contributed by atoms with Gasteiger partial charge in [-0.05, 0) is 31.2 Å². The number of fused-ring (bicyclic) bond motifs is 1. The van der Waals surface area contributed by atoms with E-state index in [1.54, 1.807) is 13.0 Å². The number of rotatable bonds is 9. The maximum atomic E-state index is 11.7. The van der Waals surface area contributed by atoms with Gasteiger partial charge in [0.05, 0.1) is 0 Å². The predicted molar refractivity (Wildman–Crippen MR) is 128 cm³/mol. The summed E-state index contributed by atoms with van der Waals surface area (Å²) in [6, 6.07) is 28.6. The molecule has 4 rings (SSSR count). The predicted octanol–water partition coefficient (Wildman–Crippen LogP) is 6.92. The summed E-state index contributed by atoms with van der Waals surface area (Å²) in [6.45, 7) is 5.42. The Hall–Kier alpha value is -4.25. The van der Waals surface area contributed by atoms with Crippen molar-refractivity contribution in [2.45, 2.75) is 6.92 Å². The minimum absolute atomic E-state index is 0.0815. The third-order valence-corrected chi connectivity index (χ3v) is 4.78. The lowest BCUT2D eigenvalue weighted by Crippen LogP contribution is -2.12. The van der Waals surface area contributed by atoms with Crippen LogP contribution in [0.3, 0.4) is 0 Å². The van der Waals surface area contributed by atoms with Crippen molar-refractivity contribution >= 4 is 16.7 Å². The molecule has 0 unspecified atom stereocenters. The Morgan fingerprint density at radius 1 is 0.727 bits per heavy atom. The second kappa shape index (κ2) is 10.4. The second-order valence-corrected chi connectivity index (χ2v) is 7.34. The van der Waals surface area contributed by atoms with Gasteiger partial charge in [0.15, 0.2) is 11.5 Å². The molecule has 0 N–H and O–H groups in total. The number of para-hydroxylation sites is 2. The molecule has 0 amide bonds. The molecule has 0 saturated carbocycles. The quantitative estimate of drug-likeness (QED) is 0.161. The maximum absolute atomic E-state index is 11.7. The van der Waals surface area contributed by atoms with Crippen molar-refractivity contribution in [3.8, 4) is 28.7 Å². The van der Waals surface area contributed by atoms with Crippen LogP contribution in [0.15, 0.2) is 103 Å². The van der Waals surface area contributed by atoms with Gasteiger partial charge in [-0.1, -0.05) is 67.2 Å². The van der Waals surface area contributed by atoms with E-state index in [0.717, 1.165) is 10.8 Å². The Balaban J connectivity index is 1.70. The Kier molecular flexibility index (Phi) is 6.90. The molecule has 0 spiro atoms. The van der Waals surface area contributed by atoms with E-state index in [0.29, 0.717) is 34.3 Å². The molecule has 5 heteroatoms. The lowest BCUT2D eigenvalue weighted by molar-refractivity contribution is -0.139. The maximum Gasteiger partial charge on any atom is 0.333 e. The average Bonchev–Trinajstić information content (AvgIpc) is 2.85. The normalized spacial score (nSPS) is 10.5. The first-order valence-electron chi connectivity index (χ1n) is 10.6. The van der Waals surface area contributed by atoms with E-state index in [-0.39, 0.29) is 13.2 Å². The second-order valence-electron chi connectivity index (χ2n) is 7.34. The molecule has 0 heterocycles. The number of carbonyl (C=O) groups is 1. The van der Waals surface area contributed by atoms with E-state index in [1.165, 1.54) is 0 Å². The van der Waals surface area contributed by atoms with Crippen LogP contribution in [0.1, 0.15) is 6.92 Å². The van der Waals surface area contributed by atoms with Crippen LogP contribution < -0.4 is 14.2 Å². The van der Waals surface area contributed by atoms with Crippen molar-refractivity contribution in [1.29, 1.82) is 0 Å². The van der Waals surface area contributed by atoms with Crippen LogP contribution >= 0.6 is 0 Å². The summed E-state index contributed by atoms with van der Waals surface area (Å²) < 4.78 is 23.6. The van der Waals surface area contributed by atoms with E-state index >= 15 is 0 Å². The molecule has 33 heavy (non-hydrogen) atoms. The lowest BCUT2D eigenvalue weighted by Gasteiger charge is -2.18. The number of esters is 1. The fourth-order valence-electron chi connectivity index (χ4n) is 3.22. The zero-order valence-corrected chi connectivity index (χ0v) is 18.3. The molecule has 0 aliphatic heterocycles. The third kappa shape index (κ3) is 5.52. The van der Waals surface area contributed by atoms with E-state index in [1.807, 2.05) is 84.9 Å². The number of benzene rings is 4. The zero-order valence-electron chi connectivity index (χ0n) is 18.3. The van der Waals surface area contributed by atoms with Gasteiger partial charge in [0.2, 0.25) is 0 Å². The highest BCUT2D eigenvalue weighted by molar-refractivity contribution is 5.96. The molecule has 0 bridgehead atoms. The first-order chi connectivity index (χ1) is 16.1. The van der Waals surface area contributed by atoms with E-state index < -0.39 is 5.97 Å². The van der Waals surface area contributed by atoms with Gasteiger partial charge in [0.25, 0.3) is 0 Å². The molecule has 4 aromatic carbocycles. The molecule has 0 radical (unpaired) electrons. The van der Waals surface area contributed by atoms with Crippen molar-refractivity contribution in [2.75, 3.05) is 13.2 Å². The minimum Gasteiger partial charge on any atom is -0.486 e. The Morgan fingerprint density at radius 3 is 1.94 bits per heavy atom. The lowest BCUT2D eigenvalue weighted by atomic mass is 10.1. The Labute approximate surface area is 192 Å². The standard InChI is InChI=1S/C28H24O5/c1-20(2)28(29)31-18-17-30-26-19-25(32-21-11-5-3-6-12-21)23-15-9-10-16-24(23)27(26)33-22-13-7-4-8-14-22/h3-16,19H,1,17-18H2,2H3. The van der Waals surface area contributed by atoms with Gasteiger partial charge in [0.1, 0.15) is 30.5 Å². The summed E-state index contributed by atoms with van der Waals surface area (Å²) in [5.74, 6) is 2.61. The molecule has 5 nitrogen and oxygen atoms in total. The highest BCUT2D eigenvalue weighted by Gasteiger charge is 2.17. The highest BCUT2D eigenvalue weighted by Crippen LogP contribution is 2.44. The van der Waals surface area contributed by atoms with E-state index in [9.17, 15) is 4.79 Å².